The minimum absolute atomic E-state index is 0.0261. The smallest absolute Gasteiger partial charge is 0.188 e. The van der Waals surface area contributed by atoms with E-state index in [4.69, 9.17) is 10.9 Å². The monoisotopic (exact) mass is 251 g/mol. The number of nitrogens with zero attached hydrogens (tertiary/aromatic N) is 3. The number of pyridine rings is 1. The molecular formula is C12H21N5O. The van der Waals surface area contributed by atoms with Gasteiger partial charge in [-0.1, -0.05) is 5.16 Å². The Kier molecular flexibility index (Phi) is 5.54. The molecule has 0 saturated heterocycles. The SMILES string of the molecule is CC(CN(C)C)NCc1ccnc(/C(N)=N/O)c1. The van der Waals surface area contributed by atoms with Crippen LogP contribution in [-0.4, -0.2) is 47.6 Å². The molecule has 1 atom stereocenters. The first kappa shape index (κ1) is 14.4. The number of hydrogen-bond donors (Lipinski definition) is 3. The first-order chi connectivity index (χ1) is 8.52. The highest BCUT2D eigenvalue weighted by Crippen LogP contribution is 2.02. The maximum Gasteiger partial charge on any atom is 0.188 e. The lowest BCUT2D eigenvalue weighted by Gasteiger charge is -2.18. The van der Waals surface area contributed by atoms with Crippen molar-refractivity contribution in [3.63, 3.8) is 0 Å². The number of nitrogens with two attached hydrogens (primary N) is 1. The quantitative estimate of drug-likeness (QED) is 0.291. The zero-order valence-corrected chi connectivity index (χ0v) is 11.1. The summed E-state index contributed by atoms with van der Waals surface area (Å²) in [6, 6.07) is 4.11. The molecule has 0 bridgehead atoms. The topological polar surface area (TPSA) is 86.8 Å². The van der Waals surface area contributed by atoms with Crippen LogP contribution in [-0.2, 0) is 6.54 Å². The summed E-state index contributed by atoms with van der Waals surface area (Å²) in [4.78, 5) is 6.16. The summed E-state index contributed by atoms with van der Waals surface area (Å²) in [5, 5.41) is 14.9. The van der Waals surface area contributed by atoms with Crippen LogP contribution < -0.4 is 11.1 Å². The molecule has 0 aliphatic carbocycles. The van der Waals surface area contributed by atoms with Gasteiger partial charge in [-0.15, -0.1) is 0 Å². The summed E-state index contributed by atoms with van der Waals surface area (Å²) < 4.78 is 0. The summed E-state index contributed by atoms with van der Waals surface area (Å²) in [6.45, 7) is 3.83. The molecule has 1 aromatic heterocycles. The fourth-order valence-electron chi connectivity index (χ4n) is 1.68. The molecule has 1 heterocycles. The second kappa shape index (κ2) is 6.93. The summed E-state index contributed by atoms with van der Waals surface area (Å²) >= 11 is 0. The summed E-state index contributed by atoms with van der Waals surface area (Å²) in [6.07, 6.45) is 1.65. The average molecular weight is 251 g/mol. The first-order valence-electron chi connectivity index (χ1n) is 5.84. The predicted molar refractivity (Wildman–Crippen MR) is 71.6 cm³/mol. The number of aromatic nitrogens is 1. The van der Waals surface area contributed by atoms with Gasteiger partial charge in [-0.3, -0.25) is 4.98 Å². The molecule has 0 fully saturated rings. The first-order valence-corrected chi connectivity index (χ1v) is 5.84. The Labute approximate surface area is 107 Å². The molecule has 1 rings (SSSR count). The molecule has 0 aliphatic heterocycles. The Bertz CT molecular complexity index is 405. The Morgan fingerprint density at radius 2 is 2.33 bits per heavy atom. The lowest BCUT2D eigenvalue weighted by Crippen LogP contribution is -2.35. The molecule has 6 nitrogen and oxygen atoms in total. The molecule has 0 amide bonds. The molecule has 4 N–H and O–H groups in total. The van der Waals surface area contributed by atoms with E-state index in [1.54, 1.807) is 6.20 Å². The summed E-state index contributed by atoms with van der Waals surface area (Å²) in [5.41, 5.74) is 7.03. The second-order valence-electron chi connectivity index (χ2n) is 4.58. The van der Waals surface area contributed by atoms with Gasteiger partial charge in [0.1, 0.15) is 5.69 Å². The molecule has 0 aromatic carbocycles. The van der Waals surface area contributed by atoms with Gasteiger partial charge in [-0.25, -0.2) is 0 Å². The largest absolute Gasteiger partial charge is 0.409 e. The maximum absolute atomic E-state index is 8.60. The lowest BCUT2D eigenvalue weighted by molar-refractivity contribution is 0.318. The third-order valence-electron chi connectivity index (χ3n) is 2.49. The predicted octanol–water partition coefficient (Wildman–Crippen LogP) is 0.216. The van der Waals surface area contributed by atoms with Crippen LogP contribution >= 0.6 is 0 Å². The van der Waals surface area contributed by atoms with Gasteiger partial charge in [0, 0.05) is 25.3 Å². The third-order valence-corrected chi connectivity index (χ3v) is 2.49. The van der Waals surface area contributed by atoms with Gasteiger partial charge in [-0.05, 0) is 38.7 Å². The van der Waals surface area contributed by atoms with Crippen molar-refractivity contribution in [2.45, 2.75) is 19.5 Å². The molecule has 0 aliphatic rings. The zero-order chi connectivity index (χ0) is 13.5. The number of oxime groups is 1. The van der Waals surface area contributed by atoms with Crippen molar-refractivity contribution < 1.29 is 5.21 Å². The van der Waals surface area contributed by atoms with Crippen LogP contribution in [0.4, 0.5) is 0 Å². The van der Waals surface area contributed by atoms with Crippen molar-refractivity contribution in [3.05, 3.63) is 29.6 Å². The van der Waals surface area contributed by atoms with E-state index in [1.165, 1.54) is 0 Å². The number of hydrogen-bond acceptors (Lipinski definition) is 5. The van der Waals surface area contributed by atoms with Crippen LogP contribution in [0.3, 0.4) is 0 Å². The number of nitrogens with one attached hydrogen (secondary N) is 1. The molecule has 0 saturated carbocycles. The van der Waals surface area contributed by atoms with E-state index in [0.29, 0.717) is 11.7 Å². The highest BCUT2D eigenvalue weighted by atomic mass is 16.4. The van der Waals surface area contributed by atoms with E-state index >= 15 is 0 Å². The lowest BCUT2D eigenvalue weighted by atomic mass is 10.2. The van der Waals surface area contributed by atoms with Crippen molar-refractivity contribution in [1.82, 2.24) is 15.2 Å². The molecule has 1 unspecified atom stereocenters. The van der Waals surface area contributed by atoms with E-state index in [1.807, 2.05) is 26.2 Å². The van der Waals surface area contributed by atoms with Crippen LogP contribution in [0, 0.1) is 0 Å². The molecule has 0 spiro atoms. The van der Waals surface area contributed by atoms with Crippen molar-refractivity contribution in [2.24, 2.45) is 10.9 Å². The van der Waals surface area contributed by atoms with E-state index in [-0.39, 0.29) is 5.84 Å². The Morgan fingerprint density at radius 3 is 2.94 bits per heavy atom. The van der Waals surface area contributed by atoms with Crippen LogP contribution in [0.2, 0.25) is 0 Å². The van der Waals surface area contributed by atoms with Gasteiger partial charge in [0.15, 0.2) is 5.84 Å². The molecule has 18 heavy (non-hydrogen) atoms. The van der Waals surface area contributed by atoms with E-state index in [2.05, 4.69) is 27.3 Å². The van der Waals surface area contributed by atoms with E-state index < -0.39 is 0 Å². The minimum atomic E-state index is 0.0261. The van der Waals surface area contributed by atoms with Gasteiger partial charge in [0.2, 0.25) is 0 Å². The molecule has 1 aromatic rings. The molecule has 100 valence electrons. The van der Waals surface area contributed by atoms with Gasteiger partial charge in [0.05, 0.1) is 0 Å². The molecule has 6 heteroatoms. The van der Waals surface area contributed by atoms with E-state index in [9.17, 15) is 0 Å². The highest BCUT2D eigenvalue weighted by Gasteiger charge is 2.05. The Balaban J connectivity index is 2.57. The van der Waals surface area contributed by atoms with Crippen molar-refractivity contribution in [2.75, 3.05) is 20.6 Å². The highest BCUT2D eigenvalue weighted by molar-refractivity contribution is 5.95. The minimum Gasteiger partial charge on any atom is -0.409 e. The standard InChI is InChI=1S/C12H21N5O/c1-9(8-17(2)3)15-7-10-4-5-14-11(6-10)12(13)16-18/h4-6,9,15,18H,7-8H2,1-3H3,(H2,13,16). The fourth-order valence-corrected chi connectivity index (χ4v) is 1.68. The van der Waals surface area contributed by atoms with Crippen LogP contribution in [0.15, 0.2) is 23.5 Å². The average Bonchev–Trinajstić information content (AvgIpc) is 2.35. The van der Waals surface area contributed by atoms with Crippen molar-refractivity contribution >= 4 is 5.84 Å². The van der Waals surface area contributed by atoms with Crippen LogP contribution in [0.5, 0.6) is 0 Å². The summed E-state index contributed by atoms with van der Waals surface area (Å²) in [7, 11) is 4.09. The van der Waals surface area contributed by atoms with E-state index in [0.717, 1.165) is 18.7 Å². The summed E-state index contributed by atoms with van der Waals surface area (Å²) in [5.74, 6) is 0.0261. The number of rotatable bonds is 6. The second-order valence-corrected chi connectivity index (χ2v) is 4.58. The Hall–Kier alpha value is -1.66. The van der Waals surface area contributed by atoms with Crippen molar-refractivity contribution in [3.8, 4) is 0 Å². The van der Waals surface area contributed by atoms with Gasteiger partial charge in [0.25, 0.3) is 0 Å². The zero-order valence-electron chi connectivity index (χ0n) is 11.1. The number of amidine groups is 1. The Morgan fingerprint density at radius 1 is 1.61 bits per heavy atom. The van der Waals surface area contributed by atoms with Crippen LogP contribution in [0.1, 0.15) is 18.2 Å². The molecular weight excluding hydrogens is 230 g/mol. The number of likely N-dealkylation sites (N-methyl/N-ethyl adjacent to an activating group) is 1. The van der Waals surface area contributed by atoms with Crippen molar-refractivity contribution in [1.29, 1.82) is 0 Å². The van der Waals surface area contributed by atoms with Gasteiger partial charge in [-0.2, -0.15) is 0 Å². The molecule has 0 radical (unpaired) electrons. The fraction of sp³-hybridized carbons (Fsp3) is 0.500. The third kappa shape index (κ3) is 4.68. The van der Waals surface area contributed by atoms with Gasteiger partial charge >= 0.3 is 0 Å². The van der Waals surface area contributed by atoms with Gasteiger partial charge < -0.3 is 21.2 Å². The maximum atomic E-state index is 8.60. The van der Waals surface area contributed by atoms with Crippen LogP contribution in [0.25, 0.3) is 0 Å². The normalized spacial score (nSPS) is 13.9.